The third kappa shape index (κ3) is 2.77. The van der Waals surface area contributed by atoms with Crippen molar-refractivity contribution in [2.45, 2.75) is 25.0 Å². The fraction of sp³-hybridized carbons (Fsp3) is 0.778. The zero-order chi connectivity index (χ0) is 8.97. The van der Waals surface area contributed by atoms with Crippen LogP contribution in [0.3, 0.4) is 0 Å². The number of nitrogens with one attached hydrogen (secondary N) is 1. The van der Waals surface area contributed by atoms with Crippen molar-refractivity contribution in [1.29, 1.82) is 0 Å². The Kier molecular flexibility index (Phi) is 4.06. The molecule has 0 aliphatic carbocycles. The quantitative estimate of drug-likeness (QED) is 0.535. The molecule has 1 rings (SSSR count). The van der Waals surface area contributed by atoms with E-state index in [1.165, 1.54) is 0 Å². The average Bonchev–Trinajstić information content (AvgIpc) is 2.52. The molecule has 1 N–H and O–H groups in total. The van der Waals surface area contributed by atoms with E-state index in [0.29, 0.717) is 18.0 Å². The molecule has 0 aromatic heterocycles. The van der Waals surface area contributed by atoms with Gasteiger partial charge in [-0.05, 0) is 12.8 Å². The summed E-state index contributed by atoms with van der Waals surface area (Å²) in [6, 6.07) is 0.515. The van der Waals surface area contributed by atoms with Gasteiger partial charge in [0.05, 0.1) is 6.10 Å². The van der Waals surface area contributed by atoms with Gasteiger partial charge in [-0.25, -0.2) is 0 Å². The summed E-state index contributed by atoms with van der Waals surface area (Å²) < 4.78 is 5.23. The molecule has 1 heterocycles. The lowest BCUT2D eigenvalue weighted by Gasteiger charge is -2.10. The average molecular weight is 190 g/mol. The van der Waals surface area contributed by atoms with Gasteiger partial charge in [0.25, 0.3) is 0 Å². The number of hydrogen-bond acceptors (Lipinski definition) is 2. The predicted molar refractivity (Wildman–Crippen MR) is 51.7 cm³/mol. The molecule has 0 aromatic carbocycles. The van der Waals surface area contributed by atoms with Crippen LogP contribution in [0.15, 0.2) is 12.2 Å². The first kappa shape index (κ1) is 10.0. The molecular weight excluding hydrogens is 174 g/mol. The predicted octanol–water partition coefficient (Wildman–Crippen LogP) is 1.55. The first-order valence-corrected chi connectivity index (χ1v) is 4.78. The van der Waals surface area contributed by atoms with E-state index in [9.17, 15) is 0 Å². The number of ether oxygens (including phenoxy) is 1. The second-order valence-corrected chi connectivity index (χ2v) is 3.55. The van der Waals surface area contributed by atoms with Gasteiger partial charge in [-0.15, -0.1) is 11.6 Å². The molecule has 0 amide bonds. The number of halogens is 1. The summed E-state index contributed by atoms with van der Waals surface area (Å²) in [4.78, 5) is 0. The summed E-state index contributed by atoms with van der Waals surface area (Å²) in [6.45, 7) is 4.83. The van der Waals surface area contributed by atoms with E-state index in [-0.39, 0.29) is 0 Å². The summed E-state index contributed by atoms with van der Waals surface area (Å²) in [5, 5.41) is 3.38. The van der Waals surface area contributed by atoms with E-state index in [1.807, 2.05) is 0 Å². The first-order valence-electron chi connectivity index (χ1n) is 4.25. The van der Waals surface area contributed by atoms with Crippen LogP contribution < -0.4 is 5.32 Å². The Balaban J connectivity index is 2.23. The SMILES string of the molecule is C=C(CCl)CC1C[C@@H](OC)CN1. The molecule has 0 spiro atoms. The molecule has 0 saturated carbocycles. The van der Waals surface area contributed by atoms with Crippen LogP contribution >= 0.6 is 11.6 Å². The third-order valence-corrected chi connectivity index (χ3v) is 2.62. The van der Waals surface area contributed by atoms with Gasteiger partial charge in [0.2, 0.25) is 0 Å². The minimum atomic E-state index is 0.373. The van der Waals surface area contributed by atoms with Crippen LogP contribution in [0.1, 0.15) is 12.8 Å². The fourth-order valence-electron chi connectivity index (χ4n) is 1.52. The van der Waals surface area contributed by atoms with Crippen molar-refractivity contribution in [3.8, 4) is 0 Å². The molecule has 1 aliphatic heterocycles. The lowest BCUT2D eigenvalue weighted by atomic mass is 10.1. The highest BCUT2D eigenvalue weighted by molar-refractivity contribution is 6.19. The van der Waals surface area contributed by atoms with Crippen molar-refractivity contribution >= 4 is 11.6 Å². The van der Waals surface area contributed by atoms with Crippen LogP contribution in [-0.2, 0) is 4.74 Å². The summed E-state index contributed by atoms with van der Waals surface area (Å²) in [6.07, 6.45) is 2.42. The zero-order valence-corrected chi connectivity index (χ0v) is 8.23. The minimum Gasteiger partial charge on any atom is -0.380 e. The molecule has 0 aromatic rings. The lowest BCUT2D eigenvalue weighted by Crippen LogP contribution is -2.22. The molecule has 2 nitrogen and oxygen atoms in total. The topological polar surface area (TPSA) is 21.3 Å². The second-order valence-electron chi connectivity index (χ2n) is 3.29. The van der Waals surface area contributed by atoms with Crippen molar-refractivity contribution in [2.24, 2.45) is 0 Å². The van der Waals surface area contributed by atoms with Gasteiger partial charge < -0.3 is 10.1 Å². The van der Waals surface area contributed by atoms with Crippen LogP contribution in [0, 0.1) is 0 Å². The molecule has 1 unspecified atom stereocenters. The van der Waals surface area contributed by atoms with E-state index in [0.717, 1.165) is 25.0 Å². The summed E-state index contributed by atoms with van der Waals surface area (Å²) in [7, 11) is 1.76. The third-order valence-electron chi connectivity index (χ3n) is 2.24. The van der Waals surface area contributed by atoms with E-state index in [2.05, 4.69) is 11.9 Å². The van der Waals surface area contributed by atoms with Gasteiger partial charge in [-0.1, -0.05) is 12.2 Å². The molecule has 0 bridgehead atoms. The fourth-order valence-corrected chi connectivity index (χ4v) is 1.63. The monoisotopic (exact) mass is 189 g/mol. The van der Waals surface area contributed by atoms with Crippen LogP contribution in [0.2, 0.25) is 0 Å². The molecule has 3 heteroatoms. The minimum absolute atomic E-state index is 0.373. The Labute approximate surface area is 78.9 Å². The van der Waals surface area contributed by atoms with E-state index in [1.54, 1.807) is 7.11 Å². The standard InChI is InChI=1S/C9H16ClNO/c1-7(5-10)3-8-4-9(12-2)6-11-8/h8-9,11H,1,3-6H2,2H3/t8?,9-/m1/s1. The highest BCUT2D eigenvalue weighted by Gasteiger charge is 2.23. The van der Waals surface area contributed by atoms with E-state index in [4.69, 9.17) is 16.3 Å². The van der Waals surface area contributed by atoms with Gasteiger partial charge in [0.1, 0.15) is 0 Å². The molecular formula is C9H16ClNO. The number of alkyl halides is 1. The maximum Gasteiger partial charge on any atom is 0.0710 e. The van der Waals surface area contributed by atoms with E-state index >= 15 is 0 Å². The number of rotatable bonds is 4. The Bertz CT molecular complexity index is 161. The Morgan fingerprint density at radius 2 is 2.50 bits per heavy atom. The van der Waals surface area contributed by atoms with Gasteiger partial charge >= 0.3 is 0 Å². The highest BCUT2D eigenvalue weighted by atomic mass is 35.5. The summed E-state index contributed by atoms with van der Waals surface area (Å²) >= 11 is 5.64. The first-order chi connectivity index (χ1) is 5.76. The van der Waals surface area contributed by atoms with Crippen molar-refractivity contribution in [2.75, 3.05) is 19.5 Å². The smallest absolute Gasteiger partial charge is 0.0710 e. The van der Waals surface area contributed by atoms with Crippen molar-refractivity contribution < 1.29 is 4.74 Å². The van der Waals surface area contributed by atoms with Crippen LogP contribution in [-0.4, -0.2) is 31.7 Å². The Morgan fingerprint density at radius 1 is 1.75 bits per heavy atom. The van der Waals surface area contributed by atoms with E-state index < -0.39 is 0 Å². The lowest BCUT2D eigenvalue weighted by molar-refractivity contribution is 0.117. The highest BCUT2D eigenvalue weighted by Crippen LogP contribution is 2.16. The maximum absolute atomic E-state index is 5.64. The molecule has 70 valence electrons. The summed E-state index contributed by atoms with van der Waals surface area (Å²) in [5.41, 5.74) is 1.10. The molecule has 0 radical (unpaired) electrons. The molecule has 2 atom stereocenters. The Hall–Kier alpha value is -0.0500. The van der Waals surface area contributed by atoms with Crippen LogP contribution in [0.25, 0.3) is 0 Å². The molecule has 1 fully saturated rings. The van der Waals surface area contributed by atoms with Gasteiger partial charge in [-0.2, -0.15) is 0 Å². The Morgan fingerprint density at radius 3 is 3.00 bits per heavy atom. The van der Waals surface area contributed by atoms with Gasteiger partial charge in [-0.3, -0.25) is 0 Å². The number of hydrogen-bond donors (Lipinski definition) is 1. The van der Waals surface area contributed by atoms with Gasteiger partial charge in [0.15, 0.2) is 0 Å². The maximum atomic E-state index is 5.64. The van der Waals surface area contributed by atoms with Crippen molar-refractivity contribution in [1.82, 2.24) is 5.32 Å². The second kappa shape index (κ2) is 4.85. The normalized spacial score (nSPS) is 29.2. The largest absolute Gasteiger partial charge is 0.380 e. The van der Waals surface area contributed by atoms with Crippen LogP contribution in [0.4, 0.5) is 0 Å². The van der Waals surface area contributed by atoms with Gasteiger partial charge in [0, 0.05) is 25.6 Å². The summed E-state index contributed by atoms with van der Waals surface area (Å²) in [5.74, 6) is 0.565. The van der Waals surface area contributed by atoms with Crippen molar-refractivity contribution in [3.63, 3.8) is 0 Å². The van der Waals surface area contributed by atoms with Crippen LogP contribution in [0.5, 0.6) is 0 Å². The molecule has 12 heavy (non-hydrogen) atoms. The molecule has 1 aliphatic rings. The zero-order valence-electron chi connectivity index (χ0n) is 7.48. The molecule has 1 saturated heterocycles. The number of methoxy groups -OCH3 is 1. The van der Waals surface area contributed by atoms with Crippen molar-refractivity contribution in [3.05, 3.63) is 12.2 Å².